The van der Waals surface area contributed by atoms with E-state index in [-0.39, 0.29) is 47.9 Å². The van der Waals surface area contributed by atoms with Crippen LogP contribution >= 0.6 is 0 Å². The number of rotatable bonds is 10. The number of ketones is 1. The van der Waals surface area contributed by atoms with Crippen molar-refractivity contribution in [3.63, 3.8) is 0 Å². The van der Waals surface area contributed by atoms with Crippen molar-refractivity contribution in [1.29, 1.82) is 0 Å². The summed E-state index contributed by atoms with van der Waals surface area (Å²) in [5.41, 5.74) is 6.32. The van der Waals surface area contributed by atoms with Crippen molar-refractivity contribution in [1.82, 2.24) is 4.98 Å². The Morgan fingerprint density at radius 1 is 0.827 bits per heavy atom. The first kappa shape index (κ1) is 41.0. The van der Waals surface area contributed by atoms with Gasteiger partial charge < -0.3 is 13.9 Å². The van der Waals surface area contributed by atoms with E-state index in [0.717, 1.165) is 88.5 Å². The molecule has 0 atom stereocenters. The predicted octanol–water partition coefficient (Wildman–Crippen LogP) is 13.6. The number of carbonyl (C=O) groups excluding carboxylic acids is 1. The van der Waals surface area contributed by atoms with Crippen LogP contribution in [0.3, 0.4) is 0 Å². The quantitative estimate of drug-likeness (QED) is 0.0843. The van der Waals surface area contributed by atoms with Gasteiger partial charge in [-0.15, -0.1) is 29.1 Å². The van der Waals surface area contributed by atoms with Gasteiger partial charge in [0.15, 0.2) is 5.78 Å². The maximum Gasteiger partial charge on any atom is 0.164 e. The summed E-state index contributed by atoms with van der Waals surface area (Å²) in [5.74, 6) is 1.28. The number of aryl methyl sites for hydroxylation is 2. The summed E-state index contributed by atoms with van der Waals surface area (Å²) in [6.45, 7) is 23.1. The van der Waals surface area contributed by atoms with E-state index in [1.807, 2.05) is 59.9 Å². The summed E-state index contributed by atoms with van der Waals surface area (Å²) in [4.78, 5) is 17.0. The van der Waals surface area contributed by atoms with Crippen LogP contribution in [0, 0.1) is 23.8 Å². The first-order valence-electron chi connectivity index (χ1n) is 18.8. The molecule has 52 heavy (non-hydrogen) atoms. The van der Waals surface area contributed by atoms with E-state index >= 15 is 0 Å². The van der Waals surface area contributed by atoms with Gasteiger partial charge in [-0.05, 0) is 62.6 Å². The van der Waals surface area contributed by atoms with Crippen molar-refractivity contribution in [3.05, 3.63) is 89.5 Å². The molecule has 0 fully saturated rings. The second-order valence-corrected chi connectivity index (χ2v) is 15.7. The molecule has 6 heteroatoms. The molecule has 3 aromatic carbocycles. The van der Waals surface area contributed by atoms with Gasteiger partial charge >= 0.3 is 0 Å². The second kappa shape index (κ2) is 16.1. The van der Waals surface area contributed by atoms with Crippen molar-refractivity contribution in [2.75, 3.05) is 0 Å². The summed E-state index contributed by atoms with van der Waals surface area (Å²) < 4.78 is 12.6. The molecule has 279 valence electrons. The maximum atomic E-state index is 12.2. The Bertz CT molecular complexity index is 2220. The molecule has 0 bridgehead atoms. The molecule has 0 saturated heterocycles. The molecule has 0 aliphatic rings. The Morgan fingerprint density at radius 2 is 1.44 bits per heavy atom. The largest absolute Gasteiger partial charge is 0.512 e. The number of hydrogen-bond acceptors (Lipinski definition) is 5. The molecule has 1 radical (unpaired) electrons. The first-order chi connectivity index (χ1) is 24.2. The molecule has 3 heterocycles. The monoisotopic (exact) mass is 879 g/mol. The van der Waals surface area contributed by atoms with Gasteiger partial charge in [0.25, 0.3) is 0 Å². The predicted molar refractivity (Wildman–Crippen MR) is 214 cm³/mol. The molecule has 0 spiro atoms. The van der Waals surface area contributed by atoms with E-state index in [1.54, 1.807) is 0 Å². The average Bonchev–Trinajstić information content (AvgIpc) is 3.66. The topological polar surface area (TPSA) is 76.5 Å². The maximum absolute atomic E-state index is 12.2. The van der Waals surface area contributed by atoms with Crippen molar-refractivity contribution in [2.45, 2.75) is 120 Å². The zero-order valence-corrected chi connectivity index (χ0v) is 35.4. The number of benzene rings is 3. The number of nitrogens with zero attached hydrogens (tertiary/aromatic N) is 1. The molecule has 0 saturated carbocycles. The van der Waals surface area contributed by atoms with Crippen LogP contribution < -0.4 is 0 Å². The summed E-state index contributed by atoms with van der Waals surface area (Å²) in [7, 11) is 0. The molecule has 0 amide bonds. The summed E-state index contributed by atoms with van der Waals surface area (Å²) in [5, 5.41) is 15.8. The fourth-order valence-electron chi connectivity index (χ4n) is 6.97. The summed E-state index contributed by atoms with van der Waals surface area (Å²) >= 11 is 0. The van der Waals surface area contributed by atoms with Gasteiger partial charge in [-0.1, -0.05) is 105 Å². The Balaban J connectivity index is 0.000000289. The average molecular weight is 879 g/mol. The third-order valence-corrected chi connectivity index (χ3v) is 11.4. The van der Waals surface area contributed by atoms with Crippen LogP contribution in [-0.4, -0.2) is 15.9 Å². The molecular weight excluding hydrogens is 823 g/mol. The van der Waals surface area contributed by atoms with E-state index in [0.29, 0.717) is 0 Å². The smallest absolute Gasteiger partial charge is 0.164 e. The molecule has 0 aliphatic heterocycles. The normalized spacial score (nSPS) is 12.7. The van der Waals surface area contributed by atoms with E-state index in [9.17, 15) is 9.90 Å². The van der Waals surface area contributed by atoms with Gasteiger partial charge in [0.1, 0.15) is 28.3 Å². The summed E-state index contributed by atoms with van der Waals surface area (Å²) in [6, 6.07) is 20.4. The Kier molecular flexibility index (Phi) is 12.7. The number of fused-ring (bicyclic) bond motifs is 6. The molecule has 5 nitrogen and oxygen atoms in total. The zero-order chi connectivity index (χ0) is 37.3. The van der Waals surface area contributed by atoms with Crippen molar-refractivity contribution >= 4 is 49.5 Å². The molecule has 1 N–H and O–H groups in total. The van der Waals surface area contributed by atoms with Crippen LogP contribution in [0.25, 0.3) is 54.9 Å². The van der Waals surface area contributed by atoms with Gasteiger partial charge in [0.2, 0.25) is 0 Å². The Labute approximate surface area is 323 Å². The fraction of sp³-hybridized carbons (Fsp3) is 0.435. The molecule has 6 aromatic rings. The van der Waals surface area contributed by atoms with Crippen molar-refractivity contribution in [3.8, 4) is 11.3 Å². The number of carbonyl (C=O) groups is 1. The standard InChI is InChI=1S/C31H28NO2.C15H28O2.Ir/c1-6-9-21-18(2)33-25-12-13-26-28(27(21)25)23-14-15-32-29(30(23)34-26)20-16-19-10-7-8-11-22(19)24(17-20)31(3,4)5;1-7-14(5,8-2)12(16)11-13(17)15(6,9-3)10-4;/h7-8,10-15,17H,6,9H2,1-5H3;11,16H,7-10H2,1-6H3;/q-1;;/b;12-11-;. The molecule has 0 unspecified atom stereocenters. The number of furan rings is 2. The van der Waals surface area contributed by atoms with Crippen LogP contribution in [0.15, 0.2) is 75.4 Å². The van der Waals surface area contributed by atoms with Gasteiger partial charge in [-0.3, -0.25) is 9.78 Å². The van der Waals surface area contributed by atoms with Crippen molar-refractivity contribution < 1.29 is 38.8 Å². The van der Waals surface area contributed by atoms with Crippen LogP contribution in [0.1, 0.15) is 118 Å². The van der Waals surface area contributed by atoms with E-state index in [1.165, 1.54) is 28.0 Å². The van der Waals surface area contributed by atoms with Crippen LogP contribution in [0.4, 0.5) is 0 Å². The Morgan fingerprint density at radius 3 is 2.04 bits per heavy atom. The molecular formula is C46H56IrNO4-. The van der Waals surface area contributed by atoms with Crippen molar-refractivity contribution in [2.24, 2.45) is 10.8 Å². The van der Waals surface area contributed by atoms with Gasteiger partial charge in [-0.25, -0.2) is 0 Å². The second-order valence-electron chi connectivity index (χ2n) is 15.7. The third-order valence-electron chi connectivity index (χ3n) is 11.4. The number of pyridine rings is 1. The molecule has 3 aromatic heterocycles. The minimum absolute atomic E-state index is 0. The number of aliphatic hydroxyl groups is 1. The van der Waals surface area contributed by atoms with E-state index < -0.39 is 0 Å². The number of hydrogen-bond donors (Lipinski definition) is 1. The van der Waals surface area contributed by atoms with Gasteiger partial charge in [0.05, 0.1) is 0 Å². The molecule has 6 rings (SSSR count). The van der Waals surface area contributed by atoms with Crippen LogP contribution in [0.2, 0.25) is 0 Å². The number of aromatic nitrogens is 1. The minimum Gasteiger partial charge on any atom is -0.512 e. The van der Waals surface area contributed by atoms with Crippen LogP contribution in [-0.2, 0) is 36.7 Å². The van der Waals surface area contributed by atoms with Gasteiger partial charge in [0, 0.05) is 70.6 Å². The van der Waals surface area contributed by atoms with E-state index in [2.05, 4.69) is 77.1 Å². The van der Waals surface area contributed by atoms with Gasteiger partial charge in [-0.2, -0.15) is 0 Å². The Hall–Kier alpha value is -3.73. The summed E-state index contributed by atoms with van der Waals surface area (Å²) in [6.07, 6.45) is 8.69. The SMILES string of the molecule is CCC(C)(CC)C(=O)/C=C(\O)C(C)(CC)CC.CCCc1c(C)oc2ccc3oc4c(-c5[c-]c6ccccc6c(C(C)(C)C)c5)nccc4c3c12.[Ir]. The van der Waals surface area contributed by atoms with E-state index in [4.69, 9.17) is 13.8 Å². The fourth-order valence-corrected chi connectivity index (χ4v) is 6.97. The van der Waals surface area contributed by atoms with Crippen LogP contribution in [0.5, 0.6) is 0 Å². The molecule has 0 aliphatic carbocycles. The zero-order valence-electron chi connectivity index (χ0n) is 33.0. The number of allylic oxidation sites excluding steroid dienone is 2. The third kappa shape index (κ3) is 7.66. The number of aliphatic hydroxyl groups excluding tert-OH is 1. The minimum atomic E-state index is -0.337. The first-order valence-corrected chi connectivity index (χ1v) is 18.8.